The van der Waals surface area contributed by atoms with Crippen LogP contribution in [0.2, 0.25) is 0 Å². The predicted octanol–water partition coefficient (Wildman–Crippen LogP) is 5.77. The van der Waals surface area contributed by atoms with Gasteiger partial charge in [-0.05, 0) is 69.5 Å². The topological polar surface area (TPSA) is 33.0 Å². The van der Waals surface area contributed by atoms with Gasteiger partial charge in [-0.2, -0.15) is 5.26 Å². The maximum Gasteiger partial charge on any atom is 0.140 e. The molecule has 0 aliphatic carbocycles. The Hall–Kier alpha value is -1.87. The summed E-state index contributed by atoms with van der Waals surface area (Å²) in [6.07, 6.45) is 3.26. The summed E-state index contributed by atoms with van der Waals surface area (Å²) in [7, 11) is 1.62. The third-order valence-corrected chi connectivity index (χ3v) is 4.39. The number of hydrogen-bond donors (Lipinski definition) is 0. The first-order valence-electron chi connectivity index (χ1n) is 7.22. The van der Waals surface area contributed by atoms with Crippen LogP contribution in [0, 0.1) is 20.7 Å². The fraction of sp³-hybridized carbons (Fsp3) is 0.211. The van der Waals surface area contributed by atoms with Crippen LogP contribution < -0.4 is 4.74 Å². The van der Waals surface area contributed by atoms with Crippen molar-refractivity contribution in [3.63, 3.8) is 0 Å². The standard InChI is InChI=1S/C19H17FINO/c1-12(2)16-11-17(21)19(23-3)18(15(16)5-4-10-22)13-6-8-14(20)9-7-13/h4-9,11-12H,1-3H3/b5-4+. The molecule has 0 spiro atoms. The number of benzene rings is 2. The lowest BCUT2D eigenvalue weighted by molar-refractivity contribution is 0.413. The van der Waals surface area contributed by atoms with E-state index < -0.39 is 0 Å². The van der Waals surface area contributed by atoms with Crippen LogP contribution in [0.5, 0.6) is 5.75 Å². The van der Waals surface area contributed by atoms with Crippen molar-refractivity contribution in [3.8, 4) is 22.9 Å². The van der Waals surface area contributed by atoms with E-state index >= 15 is 0 Å². The molecule has 0 amide bonds. The lowest BCUT2D eigenvalue weighted by Gasteiger charge is -2.20. The van der Waals surface area contributed by atoms with E-state index in [9.17, 15) is 4.39 Å². The van der Waals surface area contributed by atoms with Crippen molar-refractivity contribution in [2.24, 2.45) is 0 Å². The molecule has 0 fully saturated rings. The van der Waals surface area contributed by atoms with Crippen LogP contribution in [0.15, 0.2) is 36.4 Å². The van der Waals surface area contributed by atoms with Gasteiger partial charge in [-0.3, -0.25) is 0 Å². The second-order valence-corrected chi connectivity index (χ2v) is 6.56. The van der Waals surface area contributed by atoms with E-state index in [4.69, 9.17) is 10.00 Å². The second-order valence-electron chi connectivity index (χ2n) is 5.39. The van der Waals surface area contributed by atoms with Crippen molar-refractivity contribution < 1.29 is 9.13 Å². The summed E-state index contributed by atoms with van der Waals surface area (Å²) in [4.78, 5) is 0. The van der Waals surface area contributed by atoms with Gasteiger partial charge in [-0.15, -0.1) is 0 Å². The summed E-state index contributed by atoms with van der Waals surface area (Å²) in [6, 6.07) is 10.4. The molecule has 2 aromatic carbocycles. The summed E-state index contributed by atoms with van der Waals surface area (Å²) in [6.45, 7) is 4.21. The number of nitriles is 1. The fourth-order valence-electron chi connectivity index (χ4n) is 2.55. The van der Waals surface area contributed by atoms with Gasteiger partial charge in [0.05, 0.1) is 16.7 Å². The van der Waals surface area contributed by atoms with Crippen LogP contribution in [0.1, 0.15) is 30.9 Å². The Kier molecular flexibility index (Phi) is 5.78. The monoisotopic (exact) mass is 421 g/mol. The Labute approximate surface area is 149 Å². The Bertz CT molecular complexity index is 773. The highest BCUT2D eigenvalue weighted by Gasteiger charge is 2.19. The molecular formula is C19H17FINO. The number of allylic oxidation sites excluding steroid dienone is 1. The summed E-state index contributed by atoms with van der Waals surface area (Å²) in [5.41, 5.74) is 3.81. The zero-order chi connectivity index (χ0) is 17.0. The number of halogens is 2. The van der Waals surface area contributed by atoms with E-state index in [2.05, 4.69) is 42.5 Å². The van der Waals surface area contributed by atoms with E-state index in [1.165, 1.54) is 18.2 Å². The van der Waals surface area contributed by atoms with Crippen LogP contribution in [-0.2, 0) is 0 Å². The van der Waals surface area contributed by atoms with Crippen molar-refractivity contribution in [2.45, 2.75) is 19.8 Å². The minimum atomic E-state index is -0.281. The first kappa shape index (κ1) is 17.5. The van der Waals surface area contributed by atoms with Crippen LogP contribution in [0.3, 0.4) is 0 Å². The molecule has 0 N–H and O–H groups in total. The normalized spacial score (nSPS) is 11.0. The number of hydrogen-bond acceptors (Lipinski definition) is 2. The molecular weight excluding hydrogens is 404 g/mol. The molecule has 0 heterocycles. The molecule has 0 radical (unpaired) electrons. The van der Waals surface area contributed by atoms with Gasteiger partial charge in [0.1, 0.15) is 11.6 Å². The molecule has 0 aliphatic rings. The summed E-state index contributed by atoms with van der Waals surface area (Å²) < 4.78 is 19.9. The van der Waals surface area contributed by atoms with Crippen LogP contribution in [0.4, 0.5) is 4.39 Å². The van der Waals surface area contributed by atoms with Crippen molar-refractivity contribution in [1.29, 1.82) is 5.26 Å². The Morgan fingerprint density at radius 3 is 2.43 bits per heavy atom. The number of rotatable bonds is 4. The minimum Gasteiger partial charge on any atom is -0.495 e. The predicted molar refractivity (Wildman–Crippen MR) is 99.8 cm³/mol. The van der Waals surface area contributed by atoms with Gasteiger partial charge in [0.15, 0.2) is 0 Å². The fourth-order valence-corrected chi connectivity index (χ4v) is 3.37. The van der Waals surface area contributed by atoms with Crippen LogP contribution in [-0.4, -0.2) is 7.11 Å². The zero-order valence-electron chi connectivity index (χ0n) is 13.2. The Morgan fingerprint density at radius 1 is 1.26 bits per heavy atom. The Morgan fingerprint density at radius 2 is 1.91 bits per heavy atom. The summed E-state index contributed by atoms with van der Waals surface area (Å²) in [5.74, 6) is 0.739. The average molecular weight is 421 g/mol. The van der Waals surface area contributed by atoms with Crippen molar-refractivity contribution in [3.05, 3.63) is 56.9 Å². The lowest BCUT2D eigenvalue weighted by atomic mass is 9.89. The van der Waals surface area contributed by atoms with Gasteiger partial charge in [-0.25, -0.2) is 4.39 Å². The van der Waals surface area contributed by atoms with E-state index in [-0.39, 0.29) is 11.7 Å². The summed E-state index contributed by atoms with van der Waals surface area (Å²) in [5, 5.41) is 8.92. The van der Waals surface area contributed by atoms with Gasteiger partial charge in [-0.1, -0.05) is 26.0 Å². The molecule has 4 heteroatoms. The van der Waals surface area contributed by atoms with E-state index in [0.717, 1.165) is 31.6 Å². The SMILES string of the molecule is COc1c(I)cc(C(C)C)c(/C=C/C#N)c1-c1ccc(F)cc1. The first-order valence-corrected chi connectivity index (χ1v) is 8.30. The minimum absolute atomic E-state index is 0.281. The molecule has 0 bridgehead atoms. The molecule has 2 rings (SSSR count). The molecule has 118 valence electrons. The third kappa shape index (κ3) is 3.73. The molecule has 0 atom stereocenters. The lowest BCUT2D eigenvalue weighted by Crippen LogP contribution is -2.01. The van der Waals surface area contributed by atoms with Crippen molar-refractivity contribution in [1.82, 2.24) is 0 Å². The largest absolute Gasteiger partial charge is 0.495 e. The van der Waals surface area contributed by atoms with Gasteiger partial charge in [0, 0.05) is 11.6 Å². The van der Waals surface area contributed by atoms with Crippen molar-refractivity contribution >= 4 is 28.7 Å². The third-order valence-electron chi connectivity index (χ3n) is 3.59. The highest BCUT2D eigenvalue weighted by Crippen LogP contribution is 2.41. The zero-order valence-corrected chi connectivity index (χ0v) is 15.4. The van der Waals surface area contributed by atoms with Gasteiger partial charge >= 0.3 is 0 Å². The maximum atomic E-state index is 13.3. The molecule has 2 nitrogen and oxygen atoms in total. The van der Waals surface area contributed by atoms with Gasteiger partial charge < -0.3 is 4.74 Å². The average Bonchev–Trinajstić information content (AvgIpc) is 2.53. The van der Waals surface area contributed by atoms with Gasteiger partial charge in [0.25, 0.3) is 0 Å². The van der Waals surface area contributed by atoms with Crippen LogP contribution in [0.25, 0.3) is 17.2 Å². The maximum absolute atomic E-state index is 13.3. The smallest absolute Gasteiger partial charge is 0.140 e. The molecule has 0 aliphatic heterocycles. The highest BCUT2D eigenvalue weighted by atomic mass is 127. The first-order chi connectivity index (χ1) is 11.0. The second kappa shape index (κ2) is 7.60. The van der Waals surface area contributed by atoms with E-state index in [1.54, 1.807) is 25.3 Å². The molecule has 2 aromatic rings. The van der Waals surface area contributed by atoms with Gasteiger partial charge in [0.2, 0.25) is 0 Å². The highest BCUT2D eigenvalue weighted by molar-refractivity contribution is 14.1. The van der Waals surface area contributed by atoms with E-state index in [1.807, 2.05) is 6.07 Å². The molecule has 0 saturated carbocycles. The number of nitrogens with zero attached hydrogens (tertiary/aromatic N) is 1. The molecule has 0 aromatic heterocycles. The Balaban J connectivity index is 2.86. The molecule has 0 unspecified atom stereocenters. The quantitative estimate of drug-likeness (QED) is 0.464. The number of ether oxygens (including phenoxy) is 1. The summed E-state index contributed by atoms with van der Waals surface area (Å²) >= 11 is 2.24. The number of methoxy groups -OCH3 is 1. The molecule has 0 saturated heterocycles. The van der Waals surface area contributed by atoms with Crippen LogP contribution >= 0.6 is 22.6 Å². The molecule has 23 heavy (non-hydrogen) atoms. The van der Waals surface area contributed by atoms with E-state index in [0.29, 0.717) is 0 Å². The van der Waals surface area contributed by atoms with Crippen molar-refractivity contribution in [2.75, 3.05) is 7.11 Å².